The van der Waals surface area contributed by atoms with E-state index in [9.17, 15) is 9.18 Å². The van der Waals surface area contributed by atoms with E-state index in [0.717, 1.165) is 5.56 Å². The number of hydrogen-bond donors (Lipinski definition) is 3. The Hall–Kier alpha value is -2.56. The quantitative estimate of drug-likeness (QED) is 0.224. The van der Waals surface area contributed by atoms with Crippen LogP contribution in [-0.2, 0) is 11.3 Å². The van der Waals surface area contributed by atoms with Crippen molar-refractivity contribution in [2.75, 3.05) is 26.2 Å². The summed E-state index contributed by atoms with van der Waals surface area (Å²) < 4.78 is 24.9. The number of guanidine groups is 1. The molecule has 3 N–H and O–H groups in total. The normalized spacial score (nSPS) is 11.7. The average molecular weight is 558 g/mol. The monoisotopic (exact) mass is 558 g/mol. The number of amides is 1. The molecule has 0 radical (unpaired) electrons. The van der Waals surface area contributed by atoms with Crippen LogP contribution in [0.4, 0.5) is 4.39 Å². The van der Waals surface area contributed by atoms with Crippen molar-refractivity contribution < 1.29 is 18.7 Å². The van der Waals surface area contributed by atoms with Crippen LogP contribution in [0.25, 0.3) is 0 Å². The Balaban J connectivity index is 0.00000512. The number of ether oxygens (including phenoxy) is 2. The van der Waals surface area contributed by atoms with Gasteiger partial charge in [-0.2, -0.15) is 0 Å². The van der Waals surface area contributed by atoms with Gasteiger partial charge in [-0.05, 0) is 50.6 Å². The molecule has 0 heterocycles. The van der Waals surface area contributed by atoms with Crippen molar-refractivity contribution in [2.45, 2.75) is 33.4 Å². The minimum Gasteiger partial charge on any atom is -0.486 e. The van der Waals surface area contributed by atoms with Gasteiger partial charge >= 0.3 is 0 Å². The van der Waals surface area contributed by atoms with Gasteiger partial charge in [-0.1, -0.05) is 24.3 Å². The molecule has 9 heteroatoms. The van der Waals surface area contributed by atoms with E-state index in [4.69, 9.17) is 9.47 Å². The molecule has 2 aromatic carbocycles. The summed E-state index contributed by atoms with van der Waals surface area (Å²) >= 11 is 0. The largest absolute Gasteiger partial charge is 0.486 e. The Bertz CT molecular complexity index is 867. The fourth-order valence-corrected chi connectivity index (χ4v) is 2.68. The highest BCUT2D eigenvalue weighted by molar-refractivity contribution is 14.0. The van der Waals surface area contributed by atoms with Gasteiger partial charge in [-0.15, -0.1) is 24.0 Å². The van der Waals surface area contributed by atoms with Gasteiger partial charge in [0.05, 0.1) is 13.1 Å². The highest BCUT2D eigenvalue weighted by Crippen LogP contribution is 2.17. The van der Waals surface area contributed by atoms with E-state index in [1.165, 1.54) is 6.07 Å². The summed E-state index contributed by atoms with van der Waals surface area (Å²) in [6, 6.07) is 13.8. The third-order valence-corrected chi connectivity index (χ3v) is 4.13. The van der Waals surface area contributed by atoms with E-state index in [0.29, 0.717) is 37.9 Å². The maximum Gasteiger partial charge on any atom is 0.257 e. The highest BCUT2D eigenvalue weighted by atomic mass is 127. The van der Waals surface area contributed by atoms with Crippen LogP contribution >= 0.6 is 24.0 Å². The van der Waals surface area contributed by atoms with Crippen LogP contribution in [0.3, 0.4) is 0 Å². The Morgan fingerprint density at radius 1 is 1.06 bits per heavy atom. The molecule has 2 rings (SSSR count). The van der Waals surface area contributed by atoms with E-state index >= 15 is 0 Å². The lowest BCUT2D eigenvalue weighted by Crippen LogP contribution is -2.41. The van der Waals surface area contributed by atoms with Crippen LogP contribution in [-0.4, -0.2) is 44.2 Å². The van der Waals surface area contributed by atoms with Gasteiger partial charge in [0.15, 0.2) is 24.1 Å². The van der Waals surface area contributed by atoms with E-state index in [2.05, 4.69) is 20.9 Å². The van der Waals surface area contributed by atoms with Crippen molar-refractivity contribution in [1.82, 2.24) is 16.0 Å². The zero-order chi connectivity index (χ0) is 22.5. The second kappa shape index (κ2) is 15.3. The van der Waals surface area contributed by atoms with E-state index < -0.39 is 0 Å². The number of carbonyl (C=O) groups is 1. The Kier molecular flexibility index (Phi) is 13.1. The molecule has 32 heavy (non-hydrogen) atoms. The molecule has 7 nitrogen and oxygen atoms in total. The molecule has 1 atom stereocenters. The Morgan fingerprint density at radius 2 is 1.81 bits per heavy atom. The van der Waals surface area contributed by atoms with Crippen molar-refractivity contribution in [1.29, 1.82) is 0 Å². The first-order valence-corrected chi connectivity index (χ1v) is 10.4. The van der Waals surface area contributed by atoms with Crippen LogP contribution in [0, 0.1) is 5.82 Å². The lowest BCUT2D eigenvalue weighted by molar-refractivity contribution is -0.122. The first-order valence-electron chi connectivity index (χ1n) is 10.4. The van der Waals surface area contributed by atoms with Gasteiger partial charge in [-0.25, -0.2) is 9.38 Å². The number of benzene rings is 2. The first kappa shape index (κ1) is 27.5. The fraction of sp³-hybridized carbons (Fsp3) is 0.391. The maximum atomic E-state index is 13.7. The smallest absolute Gasteiger partial charge is 0.257 e. The summed E-state index contributed by atoms with van der Waals surface area (Å²) in [4.78, 5) is 16.1. The molecule has 0 bridgehead atoms. The zero-order valence-electron chi connectivity index (χ0n) is 18.7. The number of halogens is 2. The number of aliphatic imine (C=N–C) groups is 1. The van der Waals surface area contributed by atoms with E-state index in [1.807, 2.05) is 39.0 Å². The second-order valence-electron chi connectivity index (χ2n) is 6.82. The lowest BCUT2D eigenvalue weighted by atomic mass is 10.2. The lowest BCUT2D eigenvalue weighted by Gasteiger charge is -2.18. The third-order valence-electron chi connectivity index (χ3n) is 4.13. The van der Waals surface area contributed by atoms with Crippen molar-refractivity contribution in [2.24, 2.45) is 4.99 Å². The summed E-state index contributed by atoms with van der Waals surface area (Å²) in [5, 5.41) is 9.08. The predicted molar refractivity (Wildman–Crippen MR) is 135 cm³/mol. The Labute approximate surface area is 206 Å². The fourth-order valence-electron chi connectivity index (χ4n) is 2.68. The van der Waals surface area contributed by atoms with Gasteiger partial charge < -0.3 is 25.4 Å². The standard InChI is InChI=1S/C23H31FN4O3.HI/c1-4-25-22(29)16-30-19-10-8-9-18(13-19)15-28-23(26-5-2)27-14-17(3)31-21-12-7-6-11-20(21)24;/h6-13,17H,4-5,14-16H2,1-3H3,(H,25,29)(H2,26,27,28);1H. The third kappa shape index (κ3) is 10.2. The van der Waals surface area contributed by atoms with Crippen LogP contribution in [0.1, 0.15) is 26.3 Å². The van der Waals surface area contributed by atoms with Crippen LogP contribution in [0.5, 0.6) is 11.5 Å². The highest BCUT2D eigenvalue weighted by Gasteiger charge is 2.09. The number of para-hydroxylation sites is 1. The first-order chi connectivity index (χ1) is 15.0. The minimum atomic E-state index is -0.385. The minimum absolute atomic E-state index is 0. The summed E-state index contributed by atoms with van der Waals surface area (Å²) in [7, 11) is 0. The molecule has 176 valence electrons. The molecular formula is C23H32FIN4O3. The number of nitrogens with zero attached hydrogens (tertiary/aromatic N) is 1. The molecule has 0 aliphatic carbocycles. The van der Waals surface area contributed by atoms with Gasteiger partial charge in [0.1, 0.15) is 11.9 Å². The molecule has 0 aliphatic rings. The zero-order valence-corrected chi connectivity index (χ0v) is 21.0. The average Bonchev–Trinajstić information content (AvgIpc) is 2.76. The van der Waals surface area contributed by atoms with Crippen molar-refractivity contribution >= 4 is 35.8 Å². The van der Waals surface area contributed by atoms with Gasteiger partial charge in [0, 0.05) is 13.1 Å². The molecule has 2 aromatic rings. The van der Waals surface area contributed by atoms with Crippen LogP contribution < -0.4 is 25.4 Å². The maximum absolute atomic E-state index is 13.7. The number of carbonyl (C=O) groups excluding carboxylic acids is 1. The van der Waals surface area contributed by atoms with Crippen LogP contribution in [0.15, 0.2) is 53.5 Å². The van der Waals surface area contributed by atoms with Gasteiger partial charge in [0.2, 0.25) is 0 Å². The number of nitrogens with one attached hydrogen (secondary N) is 3. The van der Waals surface area contributed by atoms with E-state index in [1.54, 1.807) is 24.3 Å². The molecule has 0 saturated carbocycles. The van der Waals surface area contributed by atoms with Gasteiger partial charge in [0.25, 0.3) is 5.91 Å². The van der Waals surface area contributed by atoms with Crippen molar-refractivity contribution in [3.05, 3.63) is 59.9 Å². The molecule has 0 saturated heterocycles. The molecule has 1 amide bonds. The van der Waals surface area contributed by atoms with Gasteiger partial charge in [-0.3, -0.25) is 4.79 Å². The van der Waals surface area contributed by atoms with E-state index in [-0.39, 0.29) is 54.2 Å². The molecule has 1 unspecified atom stereocenters. The molecular weight excluding hydrogens is 526 g/mol. The predicted octanol–water partition coefficient (Wildman–Crippen LogP) is 3.48. The molecule has 0 aromatic heterocycles. The van der Waals surface area contributed by atoms with Crippen molar-refractivity contribution in [3.63, 3.8) is 0 Å². The van der Waals surface area contributed by atoms with Crippen LogP contribution in [0.2, 0.25) is 0 Å². The molecule has 0 fully saturated rings. The summed E-state index contributed by atoms with van der Waals surface area (Å²) in [5.74, 6) is 0.924. The number of likely N-dealkylation sites (N-methyl/N-ethyl adjacent to an activating group) is 1. The summed E-state index contributed by atoms with van der Waals surface area (Å²) in [5.41, 5.74) is 0.946. The van der Waals surface area contributed by atoms with Crippen molar-refractivity contribution in [3.8, 4) is 11.5 Å². The molecule has 0 aliphatic heterocycles. The topological polar surface area (TPSA) is 84.0 Å². The Morgan fingerprint density at radius 3 is 2.53 bits per heavy atom. The number of rotatable bonds is 11. The second-order valence-corrected chi connectivity index (χ2v) is 6.82. The molecule has 0 spiro atoms. The summed E-state index contributed by atoms with van der Waals surface area (Å²) in [6.07, 6.45) is -0.258. The SMILES string of the molecule is CCNC(=O)COc1cccc(CN=C(NCC)NCC(C)Oc2ccccc2F)c1.I. The number of hydrogen-bond acceptors (Lipinski definition) is 4. The summed E-state index contributed by atoms with van der Waals surface area (Å²) in [6.45, 7) is 7.83.